The Hall–Kier alpha value is -1.39. The maximum absolute atomic E-state index is 13.4. The standard InChI is InChI=1S/C10H11F2NO2/c1-15-9(14)7-5-6-3-2-4-10(11,12)8(6)13-7/h5,13H,2-4H2,1H3. The van der Waals surface area contributed by atoms with Gasteiger partial charge in [-0.3, -0.25) is 0 Å². The number of halogens is 2. The fraction of sp³-hybridized carbons (Fsp3) is 0.500. The number of hydrogen-bond acceptors (Lipinski definition) is 2. The molecule has 0 aromatic carbocycles. The lowest BCUT2D eigenvalue weighted by molar-refractivity contribution is -0.0256. The Bertz CT molecular complexity index is 398. The van der Waals surface area contributed by atoms with Crippen molar-refractivity contribution >= 4 is 5.97 Å². The molecule has 3 nitrogen and oxygen atoms in total. The first-order valence-electron chi connectivity index (χ1n) is 4.73. The lowest BCUT2D eigenvalue weighted by Gasteiger charge is -2.21. The molecule has 0 atom stereocenters. The molecular formula is C10H11F2NO2. The highest BCUT2D eigenvalue weighted by Gasteiger charge is 2.39. The molecule has 15 heavy (non-hydrogen) atoms. The number of esters is 1. The first-order chi connectivity index (χ1) is 7.04. The van der Waals surface area contributed by atoms with Crippen LogP contribution in [0, 0.1) is 0 Å². The van der Waals surface area contributed by atoms with Gasteiger partial charge in [0.2, 0.25) is 0 Å². The van der Waals surface area contributed by atoms with Gasteiger partial charge in [-0.25, -0.2) is 4.79 Å². The zero-order valence-electron chi connectivity index (χ0n) is 8.27. The van der Waals surface area contributed by atoms with E-state index in [1.807, 2.05) is 0 Å². The summed E-state index contributed by atoms with van der Waals surface area (Å²) in [5, 5.41) is 0. The van der Waals surface area contributed by atoms with Gasteiger partial charge in [-0.05, 0) is 24.5 Å². The van der Waals surface area contributed by atoms with Gasteiger partial charge in [0.1, 0.15) is 5.69 Å². The number of aryl methyl sites for hydroxylation is 1. The van der Waals surface area contributed by atoms with Crippen LogP contribution in [-0.4, -0.2) is 18.1 Å². The SMILES string of the molecule is COC(=O)c1cc2c([nH]1)C(F)(F)CCC2. The van der Waals surface area contributed by atoms with E-state index >= 15 is 0 Å². The molecule has 1 heterocycles. The normalized spacial score (nSPS) is 18.3. The fourth-order valence-corrected chi connectivity index (χ4v) is 1.87. The quantitative estimate of drug-likeness (QED) is 0.730. The summed E-state index contributed by atoms with van der Waals surface area (Å²) in [4.78, 5) is 13.6. The fourth-order valence-electron chi connectivity index (χ4n) is 1.87. The molecule has 0 radical (unpaired) electrons. The molecule has 0 saturated heterocycles. The van der Waals surface area contributed by atoms with Gasteiger partial charge in [-0.15, -0.1) is 0 Å². The van der Waals surface area contributed by atoms with Crippen LogP contribution in [0.5, 0.6) is 0 Å². The van der Waals surface area contributed by atoms with E-state index in [0.717, 1.165) is 0 Å². The van der Waals surface area contributed by atoms with E-state index in [9.17, 15) is 13.6 Å². The number of carbonyl (C=O) groups is 1. The van der Waals surface area contributed by atoms with Crippen molar-refractivity contribution in [3.8, 4) is 0 Å². The summed E-state index contributed by atoms with van der Waals surface area (Å²) >= 11 is 0. The third kappa shape index (κ3) is 1.62. The summed E-state index contributed by atoms with van der Waals surface area (Å²) in [6.45, 7) is 0. The maximum Gasteiger partial charge on any atom is 0.354 e. The number of fused-ring (bicyclic) bond motifs is 1. The lowest BCUT2D eigenvalue weighted by Crippen LogP contribution is -2.20. The van der Waals surface area contributed by atoms with E-state index in [-0.39, 0.29) is 17.8 Å². The molecule has 82 valence electrons. The highest BCUT2D eigenvalue weighted by molar-refractivity contribution is 5.87. The van der Waals surface area contributed by atoms with Crippen molar-refractivity contribution in [2.24, 2.45) is 0 Å². The van der Waals surface area contributed by atoms with Crippen molar-refractivity contribution < 1.29 is 18.3 Å². The van der Waals surface area contributed by atoms with E-state index < -0.39 is 11.9 Å². The highest BCUT2D eigenvalue weighted by atomic mass is 19.3. The van der Waals surface area contributed by atoms with Gasteiger partial charge >= 0.3 is 5.97 Å². The van der Waals surface area contributed by atoms with Gasteiger partial charge in [0.15, 0.2) is 0 Å². The number of hydrogen-bond donors (Lipinski definition) is 1. The van der Waals surface area contributed by atoms with Crippen LogP contribution in [0.4, 0.5) is 8.78 Å². The Kier molecular flexibility index (Phi) is 2.25. The minimum atomic E-state index is -2.85. The summed E-state index contributed by atoms with van der Waals surface area (Å²) < 4.78 is 31.3. The maximum atomic E-state index is 13.4. The third-order valence-electron chi connectivity index (χ3n) is 2.61. The third-order valence-corrected chi connectivity index (χ3v) is 2.61. The van der Waals surface area contributed by atoms with Gasteiger partial charge < -0.3 is 9.72 Å². The molecule has 1 N–H and O–H groups in total. The van der Waals surface area contributed by atoms with Crippen molar-refractivity contribution in [1.29, 1.82) is 0 Å². The molecule has 1 aromatic rings. The van der Waals surface area contributed by atoms with Crippen LogP contribution in [0.25, 0.3) is 0 Å². The Labute approximate surface area is 85.4 Å². The number of H-pyrrole nitrogens is 1. The second kappa shape index (κ2) is 3.32. The Morgan fingerprint density at radius 3 is 2.93 bits per heavy atom. The molecule has 0 fully saturated rings. The van der Waals surface area contributed by atoms with Crippen LogP contribution < -0.4 is 0 Å². The van der Waals surface area contributed by atoms with Crippen LogP contribution in [0.1, 0.15) is 34.6 Å². The van der Waals surface area contributed by atoms with Crippen LogP contribution in [0.2, 0.25) is 0 Å². The first kappa shape index (κ1) is 10.1. The van der Waals surface area contributed by atoms with Gasteiger partial charge in [-0.1, -0.05) is 0 Å². The minimum absolute atomic E-state index is 0.101. The second-order valence-electron chi connectivity index (χ2n) is 3.63. The molecule has 0 amide bonds. The van der Waals surface area contributed by atoms with Crippen LogP contribution >= 0.6 is 0 Å². The molecule has 1 aromatic heterocycles. The minimum Gasteiger partial charge on any atom is -0.464 e. The van der Waals surface area contributed by atoms with Crippen molar-refractivity contribution in [2.75, 3.05) is 7.11 Å². The first-order valence-corrected chi connectivity index (χ1v) is 4.73. The van der Waals surface area contributed by atoms with Crippen molar-refractivity contribution in [2.45, 2.75) is 25.2 Å². The van der Waals surface area contributed by atoms with Crippen molar-refractivity contribution in [3.05, 3.63) is 23.0 Å². The van der Waals surface area contributed by atoms with Gasteiger partial charge in [0, 0.05) is 6.42 Å². The molecular weight excluding hydrogens is 204 g/mol. The summed E-state index contributed by atoms with van der Waals surface area (Å²) in [6.07, 6.45) is 0.859. The number of alkyl halides is 2. The molecule has 1 aliphatic carbocycles. The number of aromatic nitrogens is 1. The summed E-state index contributed by atoms with van der Waals surface area (Å²) in [7, 11) is 1.22. The number of rotatable bonds is 1. The summed E-state index contributed by atoms with van der Waals surface area (Å²) in [5.41, 5.74) is 0.491. The molecule has 0 spiro atoms. The second-order valence-corrected chi connectivity index (χ2v) is 3.63. The van der Waals surface area contributed by atoms with E-state index in [1.54, 1.807) is 0 Å². The summed E-state index contributed by atoms with van der Waals surface area (Å²) in [5.74, 6) is -3.46. The van der Waals surface area contributed by atoms with E-state index in [2.05, 4.69) is 9.72 Å². The number of carbonyl (C=O) groups excluding carboxylic acids is 1. The van der Waals surface area contributed by atoms with Gasteiger partial charge in [0.05, 0.1) is 12.8 Å². The van der Waals surface area contributed by atoms with Gasteiger partial charge in [0.25, 0.3) is 5.92 Å². The molecule has 0 aliphatic heterocycles. The Morgan fingerprint density at radius 2 is 2.33 bits per heavy atom. The monoisotopic (exact) mass is 215 g/mol. The van der Waals surface area contributed by atoms with E-state index in [4.69, 9.17) is 0 Å². The zero-order valence-corrected chi connectivity index (χ0v) is 8.27. The van der Waals surface area contributed by atoms with Crippen LogP contribution in [0.15, 0.2) is 6.07 Å². The molecule has 1 aliphatic rings. The molecule has 5 heteroatoms. The molecule has 0 unspecified atom stereocenters. The number of methoxy groups -OCH3 is 1. The Balaban J connectivity index is 2.42. The average molecular weight is 215 g/mol. The predicted molar refractivity (Wildman–Crippen MR) is 49.0 cm³/mol. The van der Waals surface area contributed by atoms with Crippen molar-refractivity contribution in [1.82, 2.24) is 4.98 Å². The Morgan fingerprint density at radius 1 is 1.60 bits per heavy atom. The topological polar surface area (TPSA) is 42.1 Å². The predicted octanol–water partition coefficient (Wildman–Crippen LogP) is 2.23. The average Bonchev–Trinajstić information content (AvgIpc) is 2.61. The molecule has 0 bridgehead atoms. The zero-order chi connectivity index (χ0) is 11.1. The highest BCUT2D eigenvalue weighted by Crippen LogP contribution is 2.39. The van der Waals surface area contributed by atoms with Crippen molar-refractivity contribution in [3.63, 3.8) is 0 Å². The molecule has 2 rings (SSSR count). The molecule has 0 saturated carbocycles. The largest absolute Gasteiger partial charge is 0.464 e. The number of aromatic amines is 1. The number of ether oxygens (including phenoxy) is 1. The number of nitrogens with one attached hydrogen (secondary N) is 1. The van der Waals surface area contributed by atoms with Crippen LogP contribution in [0.3, 0.4) is 0 Å². The summed E-state index contributed by atoms with van der Waals surface area (Å²) in [6, 6.07) is 1.45. The van der Waals surface area contributed by atoms with Crippen LogP contribution in [-0.2, 0) is 17.1 Å². The smallest absolute Gasteiger partial charge is 0.354 e. The van der Waals surface area contributed by atoms with Gasteiger partial charge in [-0.2, -0.15) is 8.78 Å². The van der Waals surface area contributed by atoms with E-state index in [1.165, 1.54) is 13.2 Å². The van der Waals surface area contributed by atoms with E-state index in [0.29, 0.717) is 18.4 Å². The lowest BCUT2D eigenvalue weighted by atomic mass is 9.95.